The summed E-state index contributed by atoms with van der Waals surface area (Å²) in [7, 11) is 1.35. The smallest absolute Gasteiger partial charge is 0.326 e. The van der Waals surface area contributed by atoms with E-state index in [0.717, 1.165) is 0 Å². The van der Waals surface area contributed by atoms with E-state index in [9.17, 15) is 39.0 Å². The lowest BCUT2D eigenvalue weighted by Gasteiger charge is -2.31. The van der Waals surface area contributed by atoms with Gasteiger partial charge in [-0.05, 0) is 17.5 Å². The Morgan fingerprint density at radius 3 is 1.90 bits per heavy atom. The first-order valence-electron chi connectivity index (χ1n) is 12.5. The zero-order valence-corrected chi connectivity index (χ0v) is 22.0. The van der Waals surface area contributed by atoms with Crippen molar-refractivity contribution in [3.63, 3.8) is 0 Å². The van der Waals surface area contributed by atoms with Gasteiger partial charge in [0.2, 0.25) is 17.7 Å². The number of carboxylic acids is 2. The molecule has 2 saturated heterocycles. The topological polar surface area (TPSA) is 196 Å². The van der Waals surface area contributed by atoms with Crippen molar-refractivity contribution in [2.45, 2.75) is 63.7 Å². The van der Waals surface area contributed by atoms with Crippen LogP contribution in [0.15, 0.2) is 22.8 Å². The molecular formula is C25H34N4O10. The molecule has 2 fully saturated rings. The largest absolute Gasteiger partial charge is 0.480 e. The van der Waals surface area contributed by atoms with E-state index in [4.69, 9.17) is 9.15 Å². The molecule has 2 aliphatic heterocycles. The van der Waals surface area contributed by atoms with Crippen LogP contribution in [0.1, 0.15) is 50.1 Å². The molecule has 0 spiro atoms. The Bertz CT molecular complexity index is 1100. The van der Waals surface area contributed by atoms with Gasteiger partial charge in [0.1, 0.15) is 18.7 Å². The molecule has 0 bridgehead atoms. The number of ether oxygens (including phenoxy) is 1. The predicted molar refractivity (Wildman–Crippen MR) is 132 cm³/mol. The standard InChI is InChI=1S/C25H34N4O10/c1-25(2,9-20(31)28-11-14(7-16(28)23(34)35)26-19(30)13-38-3)10-21(32)29-12-15(8-17(29)24(36)37)27-22(33)18-5-4-6-39-18/h4-6,14-17H,7-13H2,1-3H3,(H,26,30)(H,27,33)(H,34,35)(H,36,37)/t14-,15-,16-,17-/m0/s1. The van der Waals surface area contributed by atoms with Crippen LogP contribution in [-0.2, 0) is 28.7 Å². The molecule has 14 heteroatoms. The molecule has 3 rings (SSSR count). The first-order chi connectivity index (χ1) is 18.3. The lowest BCUT2D eigenvalue weighted by atomic mass is 9.84. The Morgan fingerprint density at radius 1 is 0.949 bits per heavy atom. The number of amides is 4. The van der Waals surface area contributed by atoms with E-state index in [1.165, 1.54) is 29.2 Å². The van der Waals surface area contributed by atoms with Gasteiger partial charge in [0, 0.05) is 58.0 Å². The predicted octanol–water partition coefficient (Wildman–Crippen LogP) is -0.313. The number of furan rings is 1. The molecule has 214 valence electrons. The van der Waals surface area contributed by atoms with Gasteiger partial charge in [0.25, 0.3) is 5.91 Å². The van der Waals surface area contributed by atoms with E-state index >= 15 is 0 Å². The van der Waals surface area contributed by atoms with Crippen LogP contribution in [0.5, 0.6) is 0 Å². The van der Waals surface area contributed by atoms with E-state index in [1.807, 2.05) is 0 Å². The fraction of sp³-hybridized carbons (Fsp3) is 0.600. The number of hydrogen-bond acceptors (Lipinski definition) is 8. The number of carboxylic acid groups (broad SMARTS) is 2. The quantitative estimate of drug-likeness (QED) is 0.284. The van der Waals surface area contributed by atoms with E-state index in [-0.39, 0.29) is 51.1 Å². The molecule has 3 heterocycles. The molecule has 0 aromatic carbocycles. The van der Waals surface area contributed by atoms with Crippen molar-refractivity contribution in [1.29, 1.82) is 0 Å². The first kappa shape index (κ1) is 29.6. The SMILES string of the molecule is COCC(=O)N[C@H]1C[C@@H](C(=O)O)N(C(=O)CC(C)(C)CC(=O)N2C[C@@H](NC(=O)c3ccco3)C[C@H]2C(=O)O)C1. The summed E-state index contributed by atoms with van der Waals surface area (Å²) in [6.45, 7) is 3.10. The second kappa shape index (κ2) is 12.3. The molecule has 14 nitrogen and oxygen atoms in total. The van der Waals surface area contributed by atoms with Crippen molar-refractivity contribution in [2.75, 3.05) is 26.8 Å². The number of carbonyl (C=O) groups excluding carboxylic acids is 4. The lowest BCUT2D eigenvalue weighted by molar-refractivity contribution is -0.150. The molecule has 0 unspecified atom stereocenters. The molecule has 0 saturated carbocycles. The molecule has 4 amide bonds. The molecule has 39 heavy (non-hydrogen) atoms. The average Bonchev–Trinajstić information content (AvgIpc) is 3.58. The Balaban J connectivity index is 1.62. The van der Waals surface area contributed by atoms with Crippen LogP contribution in [0.2, 0.25) is 0 Å². The van der Waals surface area contributed by atoms with Gasteiger partial charge in [-0.3, -0.25) is 19.2 Å². The number of nitrogens with zero attached hydrogens (tertiary/aromatic N) is 2. The second-order valence-electron chi connectivity index (χ2n) is 10.6. The van der Waals surface area contributed by atoms with E-state index in [1.54, 1.807) is 19.9 Å². The van der Waals surface area contributed by atoms with Gasteiger partial charge >= 0.3 is 11.9 Å². The molecule has 2 aliphatic rings. The maximum absolute atomic E-state index is 13.2. The van der Waals surface area contributed by atoms with Crippen molar-refractivity contribution in [2.24, 2.45) is 5.41 Å². The minimum Gasteiger partial charge on any atom is -0.480 e. The molecule has 0 aliphatic carbocycles. The van der Waals surface area contributed by atoms with Crippen LogP contribution in [0, 0.1) is 5.41 Å². The third kappa shape index (κ3) is 7.56. The highest BCUT2D eigenvalue weighted by Gasteiger charge is 2.44. The van der Waals surface area contributed by atoms with Crippen molar-refractivity contribution >= 4 is 35.6 Å². The van der Waals surface area contributed by atoms with Crippen LogP contribution in [-0.4, -0.2) is 107 Å². The summed E-state index contributed by atoms with van der Waals surface area (Å²) >= 11 is 0. The highest BCUT2D eigenvalue weighted by Crippen LogP contribution is 2.31. The number of hydrogen-bond donors (Lipinski definition) is 4. The Kier molecular flexibility index (Phi) is 9.32. The molecule has 1 aromatic heterocycles. The summed E-state index contributed by atoms with van der Waals surface area (Å²) in [6.07, 6.45) is 1.03. The summed E-state index contributed by atoms with van der Waals surface area (Å²) in [5.41, 5.74) is -0.937. The van der Waals surface area contributed by atoms with E-state index in [0.29, 0.717) is 0 Å². The van der Waals surface area contributed by atoms with Gasteiger partial charge in [-0.25, -0.2) is 9.59 Å². The zero-order valence-electron chi connectivity index (χ0n) is 22.0. The van der Waals surface area contributed by atoms with Gasteiger partial charge < -0.3 is 39.8 Å². The Hall–Kier alpha value is -3.94. The summed E-state index contributed by atoms with van der Waals surface area (Å²) in [5.74, 6) is -4.30. The third-order valence-electron chi connectivity index (χ3n) is 6.79. The molecule has 4 atom stereocenters. The van der Waals surface area contributed by atoms with Crippen LogP contribution in [0.4, 0.5) is 0 Å². The van der Waals surface area contributed by atoms with Gasteiger partial charge in [-0.2, -0.15) is 0 Å². The summed E-state index contributed by atoms with van der Waals surface area (Å²) < 4.78 is 9.82. The van der Waals surface area contributed by atoms with Gasteiger partial charge in [-0.15, -0.1) is 0 Å². The minimum absolute atomic E-state index is 0.000456. The lowest BCUT2D eigenvalue weighted by Crippen LogP contribution is -2.45. The number of carbonyl (C=O) groups is 6. The van der Waals surface area contributed by atoms with Crippen molar-refractivity contribution in [1.82, 2.24) is 20.4 Å². The fourth-order valence-electron chi connectivity index (χ4n) is 5.05. The average molecular weight is 551 g/mol. The van der Waals surface area contributed by atoms with Crippen molar-refractivity contribution in [3.8, 4) is 0 Å². The van der Waals surface area contributed by atoms with Gasteiger partial charge in [0.15, 0.2) is 5.76 Å². The highest BCUT2D eigenvalue weighted by molar-refractivity contribution is 5.92. The van der Waals surface area contributed by atoms with Gasteiger partial charge in [0.05, 0.1) is 6.26 Å². The third-order valence-corrected chi connectivity index (χ3v) is 6.79. The Labute approximate surface area is 224 Å². The fourth-order valence-corrected chi connectivity index (χ4v) is 5.05. The first-order valence-corrected chi connectivity index (χ1v) is 12.5. The van der Waals surface area contributed by atoms with Crippen molar-refractivity contribution in [3.05, 3.63) is 24.2 Å². The van der Waals surface area contributed by atoms with Gasteiger partial charge in [-0.1, -0.05) is 13.8 Å². The van der Waals surface area contributed by atoms with E-state index in [2.05, 4.69) is 10.6 Å². The summed E-state index contributed by atoms with van der Waals surface area (Å²) in [6, 6.07) is -0.448. The highest BCUT2D eigenvalue weighted by atomic mass is 16.5. The normalized spacial score (nSPS) is 22.9. The number of nitrogens with one attached hydrogen (secondary N) is 2. The molecular weight excluding hydrogens is 516 g/mol. The maximum atomic E-state index is 13.2. The zero-order chi connectivity index (χ0) is 28.9. The molecule has 0 radical (unpaired) electrons. The van der Waals surface area contributed by atoms with Crippen LogP contribution < -0.4 is 10.6 Å². The number of methoxy groups -OCH3 is 1. The molecule has 1 aromatic rings. The number of aliphatic carboxylic acids is 2. The Morgan fingerprint density at radius 2 is 1.46 bits per heavy atom. The summed E-state index contributed by atoms with van der Waals surface area (Å²) in [4.78, 5) is 76.5. The molecule has 4 N–H and O–H groups in total. The van der Waals surface area contributed by atoms with E-state index < -0.39 is 65.1 Å². The second-order valence-corrected chi connectivity index (χ2v) is 10.6. The minimum atomic E-state index is -1.21. The summed E-state index contributed by atoms with van der Waals surface area (Å²) in [5, 5.41) is 24.6. The van der Waals surface area contributed by atoms with Crippen molar-refractivity contribution < 1.29 is 48.1 Å². The van der Waals surface area contributed by atoms with Crippen LogP contribution in [0.25, 0.3) is 0 Å². The monoisotopic (exact) mass is 550 g/mol. The number of rotatable bonds is 11. The number of likely N-dealkylation sites (tertiary alicyclic amines) is 2. The van der Waals surface area contributed by atoms with Crippen LogP contribution >= 0.6 is 0 Å². The van der Waals surface area contributed by atoms with Crippen LogP contribution in [0.3, 0.4) is 0 Å². The maximum Gasteiger partial charge on any atom is 0.326 e.